The standard InChI is InChI=1S/C25H13Br2Cl2N3O3S/c26-17-9-13(10-18(27)22(17)35-12-15-5-2-1-4-14(15)11-30)8-16-23(33)31-25(36)32(24(16)34)20-7-3-6-19(28)21(20)29/h1-10H,12H2,(H,31,33,36)/b16-8+. The quantitative estimate of drug-likeness (QED) is 0.184. The molecule has 1 N–H and O–H groups in total. The van der Waals surface area contributed by atoms with E-state index in [0.717, 1.165) is 10.5 Å². The van der Waals surface area contributed by atoms with E-state index in [0.29, 0.717) is 25.8 Å². The molecule has 180 valence electrons. The van der Waals surface area contributed by atoms with Crippen molar-refractivity contribution in [1.82, 2.24) is 5.32 Å². The number of hydrogen-bond donors (Lipinski definition) is 1. The highest BCUT2D eigenvalue weighted by atomic mass is 79.9. The molecular weight excluding hydrogens is 653 g/mol. The third kappa shape index (κ3) is 5.33. The number of nitrogens with zero attached hydrogens (tertiary/aromatic N) is 2. The van der Waals surface area contributed by atoms with Crippen molar-refractivity contribution in [1.29, 1.82) is 5.26 Å². The molecule has 0 radical (unpaired) electrons. The first-order valence-corrected chi connectivity index (χ1v) is 12.9. The van der Waals surface area contributed by atoms with Crippen LogP contribution in [0.2, 0.25) is 10.0 Å². The number of carbonyl (C=O) groups excluding carboxylic acids is 2. The van der Waals surface area contributed by atoms with Gasteiger partial charge in [0.2, 0.25) is 0 Å². The molecule has 2 amide bonds. The van der Waals surface area contributed by atoms with Crippen molar-refractivity contribution in [3.05, 3.63) is 95.9 Å². The van der Waals surface area contributed by atoms with Gasteiger partial charge in [-0.05, 0) is 86.0 Å². The van der Waals surface area contributed by atoms with Crippen molar-refractivity contribution in [3.63, 3.8) is 0 Å². The van der Waals surface area contributed by atoms with Crippen molar-refractivity contribution in [3.8, 4) is 11.8 Å². The maximum absolute atomic E-state index is 13.3. The number of nitriles is 1. The van der Waals surface area contributed by atoms with Crippen molar-refractivity contribution in [2.45, 2.75) is 6.61 Å². The first kappa shape index (κ1) is 26.3. The third-order valence-electron chi connectivity index (χ3n) is 5.12. The Bertz CT molecular complexity index is 1480. The predicted octanol–water partition coefficient (Wildman–Crippen LogP) is 6.80. The lowest BCUT2D eigenvalue weighted by Gasteiger charge is -2.29. The molecular formula is C25H13Br2Cl2N3O3S. The molecule has 1 heterocycles. The zero-order chi connectivity index (χ0) is 26.0. The van der Waals surface area contributed by atoms with E-state index in [4.69, 9.17) is 40.2 Å². The van der Waals surface area contributed by atoms with Crippen LogP contribution in [0.3, 0.4) is 0 Å². The van der Waals surface area contributed by atoms with Gasteiger partial charge in [-0.15, -0.1) is 0 Å². The molecule has 1 aliphatic heterocycles. The fourth-order valence-electron chi connectivity index (χ4n) is 3.41. The monoisotopic (exact) mass is 663 g/mol. The van der Waals surface area contributed by atoms with E-state index < -0.39 is 11.8 Å². The van der Waals surface area contributed by atoms with Crippen LogP contribution in [0.1, 0.15) is 16.7 Å². The van der Waals surface area contributed by atoms with Crippen LogP contribution in [0.15, 0.2) is 69.1 Å². The van der Waals surface area contributed by atoms with E-state index >= 15 is 0 Å². The van der Waals surface area contributed by atoms with Gasteiger partial charge in [0.25, 0.3) is 11.8 Å². The molecule has 1 aliphatic rings. The van der Waals surface area contributed by atoms with Gasteiger partial charge < -0.3 is 4.74 Å². The zero-order valence-electron chi connectivity index (χ0n) is 18.0. The molecule has 1 saturated heterocycles. The average Bonchev–Trinajstić information content (AvgIpc) is 2.84. The highest BCUT2D eigenvalue weighted by molar-refractivity contribution is 9.11. The lowest BCUT2D eigenvalue weighted by atomic mass is 10.1. The van der Waals surface area contributed by atoms with Gasteiger partial charge in [0.05, 0.1) is 36.3 Å². The lowest BCUT2D eigenvalue weighted by Crippen LogP contribution is -2.54. The molecule has 6 nitrogen and oxygen atoms in total. The van der Waals surface area contributed by atoms with E-state index in [-0.39, 0.29) is 33.0 Å². The Labute approximate surface area is 238 Å². The summed E-state index contributed by atoms with van der Waals surface area (Å²) in [7, 11) is 0. The van der Waals surface area contributed by atoms with Gasteiger partial charge in [-0.2, -0.15) is 5.26 Å². The van der Waals surface area contributed by atoms with Crippen LogP contribution < -0.4 is 15.0 Å². The van der Waals surface area contributed by atoms with Crippen molar-refractivity contribution in [2.24, 2.45) is 0 Å². The molecule has 0 spiro atoms. The molecule has 4 rings (SSSR count). The number of hydrogen-bond acceptors (Lipinski definition) is 5. The van der Waals surface area contributed by atoms with E-state index in [9.17, 15) is 14.9 Å². The predicted molar refractivity (Wildman–Crippen MR) is 150 cm³/mol. The zero-order valence-corrected chi connectivity index (χ0v) is 23.5. The summed E-state index contributed by atoms with van der Waals surface area (Å²) >= 11 is 24.6. The van der Waals surface area contributed by atoms with Gasteiger partial charge in [-0.25, -0.2) is 0 Å². The number of benzene rings is 3. The molecule has 3 aromatic carbocycles. The summed E-state index contributed by atoms with van der Waals surface area (Å²) in [4.78, 5) is 27.1. The van der Waals surface area contributed by atoms with Crippen molar-refractivity contribution >= 4 is 96.0 Å². The number of ether oxygens (including phenoxy) is 1. The maximum atomic E-state index is 13.3. The topological polar surface area (TPSA) is 82.4 Å². The van der Waals surface area contributed by atoms with Gasteiger partial charge in [-0.3, -0.25) is 19.8 Å². The Balaban J connectivity index is 1.64. The van der Waals surface area contributed by atoms with Crippen LogP contribution >= 0.6 is 67.3 Å². The van der Waals surface area contributed by atoms with Crippen LogP contribution in [-0.4, -0.2) is 16.9 Å². The summed E-state index contributed by atoms with van der Waals surface area (Å²) < 4.78 is 7.08. The highest BCUT2D eigenvalue weighted by Crippen LogP contribution is 2.37. The molecule has 1 fully saturated rings. The Morgan fingerprint density at radius 2 is 1.78 bits per heavy atom. The summed E-state index contributed by atoms with van der Waals surface area (Å²) in [6.07, 6.45) is 1.44. The van der Waals surface area contributed by atoms with Crippen LogP contribution in [0.25, 0.3) is 6.08 Å². The number of thiocarbonyl (C=S) groups is 1. The molecule has 0 saturated carbocycles. The van der Waals surface area contributed by atoms with E-state index in [1.54, 1.807) is 42.5 Å². The second-order valence-electron chi connectivity index (χ2n) is 7.40. The summed E-state index contributed by atoms with van der Waals surface area (Å²) in [5, 5.41) is 12.1. The molecule has 0 unspecified atom stereocenters. The van der Waals surface area contributed by atoms with Gasteiger partial charge in [0.1, 0.15) is 17.9 Å². The number of carbonyl (C=O) groups is 2. The summed E-state index contributed by atoms with van der Waals surface area (Å²) in [5.41, 5.74) is 1.92. The minimum atomic E-state index is -0.645. The molecule has 36 heavy (non-hydrogen) atoms. The Morgan fingerprint density at radius 3 is 2.47 bits per heavy atom. The second kappa shape index (κ2) is 11.1. The summed E-state index contributed by atoms with van der Waals surface area (Å²) in [6.45, 7) is 0.176. The molecule has 0 aromatic heterocycles. The fourth-order valence-corrected chi connectivity index (χ4v) is 5.52. The minimum absolute atomic E-state index is 0.102. The Morgan fingerprint density at radius 1 is 1.08 bits per heavy atom. The Hall–Kier alpha value is -2.74. The van der Waals surface area contributed by atoms with Crippen LogP contribution in [0.5, 0.6) is 5.75 Å². The summed E-state index contributed by atoms with van der Waals surface area (Å²) in [5.74, 6) is -0.786. The van der Waals surface area contributed by atoms with Gasteiger partial charge in [0, 0.05) is 5.56 Å². The molecule has 0 bridgehead atoms. The number of amides is 2. The van der Waals surface area contributed by atoms with Crippen molar-refractivity contribution < 1.29 is 14.3 Å². The number of anilines is 1. The average molecular weight is 666 g/mol. The second-order valence-corrected chi connectivity index (χ2v) is 10.3. The number of rotatable bonds is 5. The van der Waals surface area contributed by atoms with Crippen molar-refractivity contribution in [2.75, 3.05) is 4.90 Å². The maximum Gasteiger partial charge on any atom is 0.270 e. The first-order valence-electron chi connectivity index (χ1n) is 10.2. The van der Waals surface area contributed by atoms with Gasteiger partial charge >= 0.3 is 0 Å². The SMILES string of the molecule is N#Cc1ccccc1COc1c(Br)cc(/C=C2\C(=O)NC(=S)N(c3cccc(Cl)c3Cl)C2=O)cc1Br. The molecule has 3 aromatic rings. The van der Waals surface area contributed by atoms with E-state index in [2.05, 4.69) is 43.2 Å². The molecule has 0 aliphatic carbocycles. The molecule has 11 heteroatoms. The fraction of sp³-hybridized carbons (Fsp3) is 0.0400. The highest BCUT2D eigenvalue weighted by Gasteiger charge is 2.35. The number of nitrogens with one attached hydrogen (secondary N) is 1. The largest absolute Gasteiger partial charge is 0.486 e. The smallest absolute Gasteiger partial charge is 0.270 e. The summed E-state index contributed by atoms with van der Waals surface area (Å²) in [6, 6.07) is 17.5. The normalized spacial score (nSPS) is 14.6. The van der Waals surface area contributed by atoms with Gasteiger partial charge in [-0.1, -0.05) is 47.5 Å². The third-order valence-corrected chi connectivity index (χ3v) is 7.39. The number of halogens is 4. The van der Waals surface area contributed by atoms with Gasteiger partial charge in [0.15, 0.2) is 5.11 Å². The van der Waals surface area contributed by atoms with Crippen LogP contribution in [0.4, 0.5) is 5.69 Å². The van der Waals surface area contributed by atoms with Crippen LogP contribution in [0, 0.1) is 11.3 Å². The minimum Gasteiger partial charge on any atom is -0.486 e. The first-order chi connectivity index (χ1) is 17.2. The Kier molecular flexibility index (Phi) is 8.13. The van der Waals surface area contributed by atoms with E-state index in [1.165, 1.54) is 6.08 Å². The van der Waals surface area contributed by atoms with E-state index in [1.807, 2.05) is 12.1 Å². The van der Waals surface area contributed by atoms with Crippen LogP contribution in [-0.2, 0) is 16.2 Å². The lowest BCUT2D eigenvalue weighted by molar-refractivity contribution is -0.122. The molecule has 0 atom stereocenters.